The van der Waals surface area contributed by atoms with Gasteiger partial charge in [-0.3, -0.25) is 9.59 Å². The number of methoxy groups -OCH3 is 2. The minimum Gasteiger partial charge on any atom is -0.493 e. The highest BCUT2D eigenvalue weighted by Crippen LogP contribution is 2.42. The van der Waals surface area contributed by atoms with E-state index in [4.69, 9.17) is 9.47 Å². The number of benzene rings is 2. The Morgan fingerprint density at radius 3 is 2.19 bits per heavy atom. The summed E-state index contributed by atoms with van der Waals surface area (Å²) in [6, 6.07) is 14.1. The maximum absolute atomic E-state index is 13.7. The summed E-state index contributed by atoms with van der Waals surface area (Å²) in [5.74, 6) is 1.60. The fourth-order valence-corrected chi connectivity index (χ4v) is 4.85. The molecule has 2 aromatic carbocycles. The third-order valence-corrected chi connectivity index (χ3v) is 6.56. The van der Waals surface area contributed by atoms with Gasteiger partial charge in [0.2, 0.25) is 11.8 Å². The van der Waals surface area contributed by atoms with Crippen molar-refractivity contribution in [2.45, 2.75) is 32.2 Å². The van der Waals surface area contributed by atoms with Gasteiger partial charge in [0.15, 0.2) is 11.5 Å². The average Bonchev–Trinajstić information content (AvgIpc) is 2.82. The van der Waals surface area contributed by atoms with E-state index in [1.807, 2.05) is 40.1 Å². The molecule has 0 aliphatic carbocycles. The van der Waals surface area contributed by atoms with E-state index in [2.05, 4.69) is 12.1 Å². The summed E-state index contributed by atoms with van der Waals surface area (Å²) in [6.45, 7) is 3.55. The lowest BCUT2D eigenvalue weighted by Crippen LogP contribution is -2.47. The average molecular weight is 423 g/mol. The van der Waals surface area contributed by atoms with Gasteiger partial charge >= 0.3 is 0 Å². The van der Waals surface area contributed by atoms with E-state index in [0.717, 1.165) is 30.4 Å². The Labute approximate surface area is 183 Å². The largest absolute Gasteiger partial charge is 0.493 e. The highest BCUT2D eigenvalue weighted by Gasteiger charge is 2.37. The number of carbonyl (C=O) groups is 2. The van der Waals surface area contributed by atoms with Crippen LogP contribution < -0.4 is 9.47 Å². The number of piperidine rings is 1. The first-order chi connectivity index (χ1) is 15.0. The number of hydrogen-bond donors (Lipinski definition) is 0. The molecule has 2 amide bonds. The lowest BCUT2D eigenvalue weighted by molar-refractivity contribution is -0.141. The van der Waals surface area contributed by atoms with Crippen molar-refractivity contribution in [1.82, 2.24) is 9.80 Å². The van der Waals surface area contributed by atoms with Crippen LogP contribution in [-0.4, -0.2) is 55.5 Å². The van der Waals surface area contributed by atoms with Gasteiger partial charge in [0.05, 0.1) is 20.3 Å². The lowest BCUT2D eigenvalue weighted by atomic mass is 9.85. The summed E-state index contributed by atoms with van der Waals surface area (Å²) >= 11 is 0. The van der Waals surface area contributed by atoms with Crippen LogP contribution in [0.25, 0.3) is 0 Å². The van der Waals surface area contributed by atoms with Crippen molar-refractivity contribution in [1.29, 1.82) is 0 Å². The predicted molar refractivity (Wildman–Crippen MR) is 118 cm³/mol. The van der Waals surface area contributed by atoms with Gasteiger partial charge in [-0.1, -0.05) is 30.3 Å². The van der Waals surface area contributed by atoms with Crippen molar-refractivity contribution < 1.29 is 19.1 Å². The van der Waals surface area contributed by atoms with E-state index in [-0.39, 0.29) is 23.8 Å². The maximum Gasteiger partial charge on any atom is 0.226 e. The molecule has 0 bridgehead atoms. The third kappa shape index (κ3) is 4.11. The molecule has 2 aromatic rings. The van der Waals surface area contributed by atoms with Crippen LogP contribution >= 0.6 is 0 Å². The Kier molecular flexibility index (Phi) is 6.16. The second-order valence-corrected chi connectivity index (χ2v) is 8.28. The van der Waals surface area contributed by atoms with Gasteiger partial charge in [0, 0.05) is 32.5 Å². The molecule has 2 aliphatic heterocycles. The van der Waals surface area contributed by atoms with Gasteiger partial charge in [-0.15, -0.1) is 0 Å². The molecule has 4 rings (SSSR count). The fourth-order valence-electron chi connectivity index (χ4n) is 4.85. The molecule has 1 saturated heterocycles. The number of fused-ring (bicyclic) bond motifs is 1. The van der Waals surface area contributed by atoms with Gasteiger partial charge in [0.1, 0.15) is 0 Å². The topological polar surface area (TPSA) is 59.1 Å². The zero-order valence-corrected chi connectivity index (χ0v) is 18.5. The summed E-state index contributed by atoms with van der Waals surface area (Å²) in [5.41, 5.74) is 3.36. The number of likely N-dealkylation sites (tertiary alicyclic amines) is 1. The molecule has 0 saturated carbocycles. The predicted octanol–water partition coefficient (Wildman–Crippen LogP) is 3.44. The molecule has 0 N–H and O–H groups in total. The highest BCUT2D eigenvalue weighted by atomic mass is 16.5. The summed E-state index contributed by atoms with van der Waals surface area (Å²) in [6.07, 6.45) is 2.21. The smallest absolute Gasteiger partial charge is 0.226 e. The molecule has 31 heavy (non-hydrogen) atoms. The molecule has 2 aliphatic rings. The van der Waals surface area contributed by atoms with Crippen LogP contribution in [0.5, 0.6) is 11.5 Å². The van der Waals surface area contributed by atoms with Crippen molar-refractivity contribution >= 4 is 11.8 Å². The first-order valence-corrected chi connectivity index (χ1v) is 10.9. The molecule has 0 aromatic heterocycles. The number of carbonyl (C=O) groups excluding carboxylic acids is 2. The Bertz CT molecular complexity index is 951. The Balaban J connectivity index is 1.69. The Morgan fingerprint density at radius 2 is 1.58 bits per heavy atom. The van der Waals surface area contributed by atoms with Crippen molar-refractivity contribution in [3.8, 4) is 11.5 Å². The van der Waals surface area contributed by atoms with Crippen LogP contribution in [0, 0.1) is 5.92 Å². The van der Waals surface area contributed by atoms with Crippen molar-refractivity contribution in [3.05, 3.63) is 59.2 Å². The van der Waals surface area contributed by atoms with Gasteiger partial charge in [-0.2, -0.15) is 0 Å². The minimum absolute atomic E-state index is 0.0523. The lowest BCUT2D eigenvalue weighted by Gasteiger charge is -2.41. The fraction of sp³-hybridized carbons (Fsp3) is 0.440. The molecule has 164 valence electrons. The van der Waals surface area contributed by atoms with E-state index in [0.29, 0.717) is 31.1 Å². The molecule has 6 heteroatoms. The zero-order valence-electron chi connectivity index (χ0n) is 18.5. The van der Waals surface area contributed by atoms with Gasteiger partial charge in [-0.05, 0) is 48.1 Å². The second kappa shape index (κ2) is 9.00. The minimum atomic E-state index is -0.164. The van der Waals surface area contributed by atoms with Crippen molar-refractivity contribution in [3.63, 3.8) is 0 Å². The van der Waals surface area contributed by atoms with Crippen LogP contribution in [0.4, 0.5) is 0 Å². The van der Waals surface area contributed by atoms with Gasteiger partial charge in [0.25, 0.3) is 0 Å². The number of nitrogens with zero attached hydrogens (tertiary/aromatic N) is 2. The molecular formula is C25H30N2O4. The van der Waals surface area contributed by atoms with E-state index in [1.165, 1.54) is 5.56 Å². The monoisotopic (exact) mass is 422 g/mol. The van der Waals surface area contributed by atoms with Crippen LogP contribution in [0.15, 0.2) is 42.5 Å². The molecular weight excluding hydrogens is 392 g/mol. The first-order valence-electron chi connectivity index (χ1n) is 10.9. The van der Waals surface area contributed by atoms with E-state index in [9.17, 15) is 9.59 Å². The standard InChI is InChI=1S/C25H30N2O4/c1-17(28)26-12-9-19(10-13-26)25(29)27-14-11-20-15-22(30-2)23(31-3)16-21(20)24(27)18-7-5-4-6-8-18/h4-8,15-16,19,24H,9-14H2,1-3H3/t24-/m1/s1. The molecule has 0 spiro atoms. The van der Waals surface area contributed by atoms with Crippen LogP contribution in [0.1, 0.15) is 42.5 Å². The maximum atomic E-state index is 13.7. The second-order valence-electron chi connectivity index (χ2n) is 8.28. The molecule has 0 radical (unpaired) electrons. The van der Waals surface area contributed by atoms with Crippen molar-refractivity contribution in [2.75, 3.05) is 33.9 Å². The molecule has 0 unspecified atom stereocenters. The molecule has 1 atom stereocenters. The van der Waals surface area contributed by atoms with Gasteiger partial charge in [-0.25, -0.2) is 0 Å². The quantitative estimate of drug-likeness (QED) is 0.757. The van der Waals surface area contributed by atoms with Crippen LogP contribution in [-0.2, 0) is 16.0 Å². The third-order valence-electron chi connectivity index (χ3n) is 6.56. The highest BCUT2D eigenvalue weighted by molar-refractivity contribution is 5.81. The van der Waals surface area contributed by atoms with Crippen molar-refractivity contribution in [2.24, 2.45) is 5.92 Å². The molecule has 6 nitrogen and oxygen atoms in total. The normalized spacial score (nSPS) is 19.0. The molecule has 2 heterocycles. The Morgan fingerprint density at radius 1 is 0.935 bits per heavy atom. The number of ether oxygens (including phenoxy) is 2. The number of hydrogen-bond acceptors (Lipinski definition) is 4. The molecule has 1 fully saturated rings. The Hall–Kier alpha value is -3.02. The number of rotatable bonds is 4. The summed E-state index contributed by atoms with van der Waals surface area (Å²) < 4.78 is 11.1. The SMILES string of the molecule is COc1cc2c(cc1OC)[C@@H](c1ccccc1)N(C(=O)C1CCN(C(C)=O)CC1)CC2. The van der Waals surface area contributed by atoms with Crippen LogP contribution in [0.2, 0.25) is 0 Å². The summed E-state index contributed by atoms with van der Waals surface area (Å²) in [4.78, 5) is 29.2. The van der Waals surface area contributed by atoms with Crippen LogP contribution in [0.3, 0.4) is 0 Å². The van der Waals surface area contributed by atoms with Gasteiger partial charge < -0.3 is 19.3 Å². The zero-order chi connectivity index (χ0) is 22.0. The first kappa shape index (κ1) is 21.2. The van der Waals surface area contributed by atoms with E-state index in [1.54, 1.807) is 21.1 Å². The number of amides is 2. The summed E-state index contributed by atoms with van der Waals surface area (Å²) in [7, 11) is 3.28. The summed E-state index contributed by atoms with van der Waals surface area (Å²) in [5, 5.41) is 0. The van der Waals surface area contributed by atoms with E-state index < -0.39 is 0 Å². The van der Waals surface area contributed by atoms with E-state index >= 15 is 0 Å².